The lowest BCUT2D eigenvalue weighted by atomic mass is 10.1. The number of nitrogens with zero attached hydrogens (tertiary/aromatic N) is 1. The standard InChI is InChI=1S/C14H13FN2O2/c1-10-5-4-8-13(14(10)17(18)19)16-9-11-6-2-3-7-12(11)15/h2-8,16H,9H2,1H3. The summed E-state index contributed by atoms with van der Waals surface area (Å²) in [6, 6.07) is 11.4. The topological polar surface area (TPSA) is 55.2 Å². The van der Waals surface area contributed by atoms with Crippen LogP contribution in [-0.2, 0) is 6.54 Å². The first-order chi connectivity index (χ1) is 9.09. The van der Waals surface area contributed by atoms with E-state index in [9.17, 15) is 14.5 Å². The van der Waals surface area contributed by atoms with Gasteiger partial charge in [0.1, 0.15) is 11.5 Å². The number of para-hydroxylation sites is 1. The fourth-order valence-electron chi connectivity index (χ4n) is 1.88. The fourth-order valence-corrected chi connectivity index (χ4v) is 1.88. The van der Waals surface area contributed by atoms with Gasteiger partial charge in [-0.1, -0.05) is 30.3 Å². The summed E-state index contributed by atoms with van der Waals surface area (Å²) < 4.78 is 13.5. The third-order valence-electron chi connectivity index (χ3n) is 2.85. The molecule has 2 aromatic carbocycles. The highest BCUT2D eigenvalue weighted by Gasteiger charge is 2.16. The third kappa shape index (κ3) is 2.88. The van der Waals surface area contributed by atoms with Crippen LogP contribution < -0.4 is 5.32 Å². The molecule has 19 heavy (non-hydrogen) atoms. The Morgan fingerprint density at radius 2 is 1.95 bits per heavy atom. The molecule has 0 bridgehead atoms. The molecule has 5 heteroatoms. The molecule has 0 unspecified atom stereocenters. The minimum atomic E-state index is -0.432. The Morgan fingerprint density at radius 3 is 2.63 bits per heavy atom. The fraction of sp³-hybridized carbons (Fsp3) is 0.143. The second-order valence-electron chi connectivity index (χ2n) is 4.17. The van der Waals surface area contributed by atoms with E-state index in [1.54, 1.807) is 43.3 Å². The van der Waals surface area contributed by atoms with Crippen molar-refractivity contribution in [1.82, 2.24) is 0 Å². The van der Waals surface area contributed by atoms with Crippen LogP contribution >= 0.6 is 0 Å². The average Bonchev–Trinajstić information content (AvgIpc) is 2.37. The summed E-state index contributed by atoms with van der Waals surface area (Å²) in [6.45, 7) is 1.88. The van der Waals surface area contributed by atoms with Gasteiger partial charge in [0, 0.05) is 17.7 Å². The highest BCUT2D eigenvalue weighted by Crippen LogP contribution is 2.28. The van der Waals surface area contributed by atoms with Gasteiger partial charge in [-0.05, 0) is 19.1 Å². The number of nitro groups is 1. The summed E-state index contributed by atoms with van der Waals surface area (Å²) in [6.07, 6.45) is 0. The van der Waals surface area contributed by atoms with Crippen LogP contribution in [0.4, 0.5) is 15.8 Å². The summed E-state index contributed by atoms with van der Waals surface area (Å²) in [4.78, 5) is 10.6. The molecule has 0 amide bonds. The van der Waals surface area contributed by atoms with Gasteiger partial charge in [-0.3, -0.25) is 10.1 Å². The first-order valence-electron chi connectivity index (χ1n) is 5.81. The van der Waals surface area contributed by atoms with Crippen LogP contribution in [0.1, 0.15) is 11.1 Å². The van der Waals surface area contributed by atoms with Gasteiger partial charge in [-0.15, -0.1) is 0 Å². The molecule has 0 spiro atoms. The summed E-state index contributed by atoms with van der Waals surface area (Å²) >= 11 is 0. The molecule has 0 aromatic heterocycles. The molecule has 0 radical (unpaired) electrons. The van der Waals surface area contributed by atoms with E-state index in [0.717, 1.165) is 0 Å². The van der Waals surface area contributed by atoms with E-state index in [1.807, 2.05) is 0 Å². The number of aryl methyl sites for hydroxylation is 1. The number of nitrogens with one attached hydrogen (secondary N) is 1. The van der Waals surface area contributed by atoms with Crippen LogP contribution in [0.5, 0.6) is 0 Å². The highest BCUT2D eigenvalue weighted by molar-refractivity contribution is 5.65. The molecule has 0 saturated heterocycles. The molecule has 98 valence electrons. The molecule has 2 aromatic rings. The molecule has 0 aliphatic carbocycles. The second-order valence-corrected chi connectivity index (χ2v) is 4.17. The molecule has 0 heterocycles. The van der Waals surface area contributed by atoms with Crippen LogP contribution in [0.15, 0.2) is 42.5 Å². The zero-order chi connectivity index (χ0) is 13.8. The Bertz CT molecular complexity index is 614. The van der Waals surface area contributed by atoms with Crippen molar-refractivity contribution in [1.29, 1.82) is 0 Å². The van der Waals surface area contributed by atoms with Crippen LogP contribution in [-0.4, -0.2) is 4.92 Å². The average molecular weight is 260 g/mol. The summed E-state index contributed by atoms with van der Waals surface area (Å²) in [5, 5.41) is 13.9. The Balaban J connectivity index is 2.23. The first-order valence-corrected chi connectivity index (χ1v) is 5.81. The highest BCUT2D eigenvalue weighted by atomic mass is 19.1. The lowest BCUT2D eigenvalue weighted by molar-refractivity contribution is -0.384. The lowest BCUT2D eigenvalue weighted by Crippen LogP contribution is -2.05. The number of hydrogen-bond acceptors (Lipinski definition) is 3. The van der Waals surface area contributed by atoms with E-state index in [-0.39, 0.29) is 18.0 Å². The molecule has 0 aliphatic rings. The van der Waals surface area contributed by atoms with Gasteiger partial charge < -0.3 is 5.32 Å². The molecule has 1 N–H and O–H groups in total. The molecular weight excluding hydrogens is 247 g/mol. The van der Waals surface area contributed by atoms with Crippen molar-refractivity contribution in [2.75, 3.05) is 5.32 Å². The second kappa shape index (κ2) is 5.48. The van der Waals surface area contributed by atoms with Crippen molar-refractivity contribution < 1.29 is 9.31 Å². The zero-order valence-electron chi connectivity index (χ0n) is 10.4. The van der Waals surface area contributed by atoms with Crippen molar-refractivity contribution in [3.63, 3.8) is 0 Å². The number of halogens is 1. The maximum absolute atomic E-state index is 13.5. The van der Waals surface area contributed by atoms with E-state index in [2.05, 4.69) is 5.32 Å². The number of benzene rings is 2. The number of nitro benzene ring substituents is 1. The Hall–Kier alpha value is -2.43. The van der Waals surface area contributed by atoms with Crippen molar-refractivity contribution in [3.05, 3.63) is 69.5 Å². The normalized spacial score (nSPS) is 10.2. The van der Waals surface area contributed by atoms with Gasteiger partial charge in [-0.25, -0.2) is 4.39 Å². The largest absolute Gasteiger partial charge is 0.375 e. The van der Waals surface area contributed by atoms with Crippen LogP contribution in [0, 0.1) is 22.9 Å². The van der Waals surface area contributed by atoms with E-state index >= 15 is 0 Å². The zero-order valence-corrected chi connectivity index (χ0v) is 10.4. The Kier molecular flexibility index (Phi) is 3.75. The van der Waals surface area contributed by atoms with Gasteiger partial charge >= 0.3 is 0 Å². The Labute approximate surface area is 110 Å². The Morgan fingerprint density at radius 1 is 1.21 bits per heavy atom. The van der Waals surface area contributed by atoms with E-state index < -0.39 is 4.92 Å². The van der Waals surface area contributed by atoms with Gasteiger partial charge in [0.25, 0.3) is 5.69 Å². The molecule has 2 rings (SSSR count). The van der Waals surface area contributed by atoms with Crippen molar-refractivity contribution in [2.24, 2.45) is 0 Å². The predicted molar refractivity (Wildman–Crippen MR) is 71.6 cm³/mol. The molecular formula is C14H13FN2O2. The minimum absolute atomic E-state index is 0.0267. The predicted octanol–water partition coefficient (Wildman–Crippen LogP) is 3.65. The maximum atomic E-state index is 13.5. The van der Waals surface area contributed by atoms with E-state index in [4.69, 9.17) is 0 Å². The molecule has 0 saturated carbocycles. The number of rotatable bonds is 4. The molecule has 0 fully saturated rings. The number of hydrogen-bond donors (Lipinski definition) is 1. The quantitative estimate of drug-likeness (QED) is 0.674. The SMILES string of the molecule is Cc1cccc(NCc2ccccc2F)c1[N+](=O)[O-]. The van der Waals surface area contributed by atoms with E-state index in [0.29, 0.717) is 16.8 Å². The summed E-state index contributed by atoms with van der Waals surface area (Å²) in [5.74, 6) is -0.328. The minimum Gasteiger partial charge on any atom is -0.375 e. The monoisotopic (exact) mass is 260 g/mol. The van der Waals surface area contributed by atoms with Crippen molar-refractivity contribution in [3.8, 4) is 0 Å². The van der Waals surface area contributed by atoms with E-state index in [1.165, 1.54) is 6.07 Å². The van der Waals surface area contributed by atoms with Gasteiger partial charge in [0.15, 0.2) is 0 Å². The molecule has 0 aliphatic heterocycles. The third-order valence-corrected chi connectivity index (χ3v) is 2.85. The van der Waals surface area contributed by atoms with Crippen LogP contribution in [0.3, 0.4) is 0 Å². The lowest BCUT2D eigenvalue weighted by Gasteiger charge is -2.09. The smallest absolute Gasteiger partial charge is 0.295 e. The summed E-state index contributed by atoms with van der Waals surface area (Å²) in [7, 11) is 0. The molecule has 0 atom stereocenters. The van der Waals surface area contributed by atoms with Crippen LogP contribution in [0.2, 0.25) is 0 Å². The van der Waals surface area contributed by atoms with Gasteiger partial charge in [-0.2, -0.15) is 0 Å². The van der Waals surface area contributed by atoms with Crippen molar-refractivity contribution in [2.45, 2.75) is 13.5 Å². The van der Waals surface area contributed by atoms with Gasteiger partial charge in [0.2, 0.25) is 0 Å². The van der Waals surface area contributed by atoms with Gasteiger partial charge in [0.05, 0.1) is 4.92 Å². The summed E-state index contributed by atoms with van der Waals surface area (Å²) in [5.41, 5.74) is 1.47. The van der Waals surface area contributed by atoms with Crippen LogP contribution in [0.25, 0.3) is 0 Å². The van der Waals surface area contributed by atoms with Crippen molar-refractivity contribution >= 4 is 11.4 Å². The molecule has 4 nitrogen and oxygen atoms in total. The number of anilines is 1. The first kappa shape index (κ1) is 13.0. The maximum Gasteiger partial charge on any atom is 0.295 e.